The number of esters is 1. The first-order valence-corrected chi connectivity index (χ1v) is 13.4. The van der Waals surface area contributed by atoms with E-state index in [1.807, 2.05) is 0 Å². The van der Waals surface area contributed by atoms with Gasteiger partial charge in [-0.1, -0.05) is 6.07 Å². The van der Waals surface area contributed by atoms with E-state index in [1.165, 1.54) is 0 Å². The molecule has 2 heterocycles. The van der Waals surface area contributed by atoms with Crippen molar-refractivity contribution in [1.29, 1.82) is 0 Å². The number of ether oxygens (including phenoxy) is 1. The molecule has 3 rings (SSSR count). The number of alkyl halides is 4. The van der Waals surface area contributed by atoms with Crippen LogP contribution in [0.15, 0.2) is 40.9 Å². The second kappa shape index (κ2) is 9.85. The number of aromatic nitrogens is 4. The van der Waals surface area contributed by atoms with Crippen molar-refractivity contribution in [2.75, 3.05) is 19.6 Å². The molecule has 0 bridgehead atoms. The first kappa shape index (κ1) is 27.1. The van der Waals surface area contributed by atoms with Crippen LogP contribution >= 0.6 is 0 Å². The van der Waals surface area contributed by atoms with E-state index in [0.29, 0.717) is 12.4 Å². The third-order valence-corrected chi connectivity index (χ3v) is 6.39. The Morgan fingerprint density at radius 1 is 0.806 bits per heavy atom. The van der Waals surface area contributed by atoms with E-state index in [1.54, 1.807) is 0 Å². The molecule has 1 aromatic carbocycles. The Morgan fingerprint density at radius 2 is 1.25 bits per heavy atom. The second-order valence-electron chi connectivity index (χ2n) is 7.31. The van der Waals surface area contributed by atoms with Gasteiger partial charge in [-0.3, -0.25) is 0 Å². The average Bonchev–Trinajstić information content (AvgIpc) is 2.81. The molecule has 0 fully saturated rings. The third kappa shape index (κ3) is 5.48. The van der Waals surface area contributed by atoms with Crippen molar-refractivity contribution < 1.29 is 43.9 Å². The molecule has 0 amide bonds. The molecule has 3 aromatic rings. The fourth-order valence-electron chi connectivity index (χ4n) is 3.05. The molecule has 0 aliphatic heterocycles. The van der Waals surface area contributed by atoms with Crippen LogP contribution in [0.2, 0.25) is 0 Å². The molecular formula is C20H16F4N4O6S2. The van der Waals surface area contributed by atoms with Crippen LogP contribution in [0, 0.1) is 0 Å². The lowest BCUT2D eigenvalue weighted by Crippen LogP contribution is -2.10. The zero-order valence-electron chi connectivity index (χ0n) is 18.6. The van der Waals surface area contributed by atoms with Crippen molar-refractivity contribution in [2.45, 2.75) is 23.2 Å². The van der Waals surface area contributed by atoms with Crippen LogP contribution in [0.4, 0.5) is 17.6 Å². The Hall–Kier alpha value is -3.53. The summed E-state index contributed by atoms with van der Waals surface area (Å²) >= 11 is 0. The fraction of sp³-hybridized carbons (Fsp3) is 0.250. The van der Waals surface area contributed by atoms with Crippen LogP contribution in [0.3, 0.4) is 0 Å². The van der Waals surface area contributed by atoms with Crippen molar-refractivity contribution in [3.05, 3.63) is 47.3 Å². The summed E-state index contributed by atoms with van der Waals surface area (Å²) in [5, 5.41) is -1.69. The lowest BCUT2D eigenvalue weighted by atomic mass is 9.94. The van der Waals surface area contributed by atoms with Gasteiger partial charge in [0.2, 0.25) is 30.0 Å². The van der Waals surface area contributed by atoms with Gasteiger partial charge in [-0.05, 0) is 12.1 Å². The summed E-state index contributed by atoms with van der Waals surface area (Å²) in [7, 11) is -7.18. The van der Waals surface area contributed by atoms with Gasteiger partial charge >= 0.3 is 5.97 Å². The van der Waals surface area contributed by atoms with E-state index < -0.39 is 76.9 Å². The molecule has 0 saturated carbocycles. The average molecular weight is 548 g/mol. The Labute approximate surface area is 202 Å². The third-order valence-electron chi connectivity index (χ3n) is 4.67. The molecule has 0 radical (unpaired) electrons. The number of halogens is 4. The minimum atomic E-state index is -4.12. The zero-order chi connectivity index (χ0) is 27.0. The Balaban J connectivity index is 2.51. The molecule has 0 N–H and O–H groups in total. The Bertz CT molecular complexity index is 1560. The summed E-state index contributed by atoms with van der Waals surface area (Å²) in [6.45, 7) is 0. The van der Waals surface area contributed by atoms with Gasteiger partial charge in [0.05, 0.1) is 35.2 Å². The number of methoxy groups -OCH3 is 1. The van der Waals surface area contributed by atoms with E-state index in [-0.39, 0.29) is 11.1 Å². The number of rotatable bonds is 7. The summed E-state index contributed by atoms with van der Waals surface area (Å²) in [5.41, 5.74) is -4.13. The minimum absolute atomic E-state index is 0.230. The Morgan fingerprint density at radius 3 is 1.64 bits per heavy atom. The summed E-state index contributed by atoms with van der Waals surface area (Å²) in [5.74, 6) is -0.938. The van der Waals surface area contributed by atoms with Gasteiger partial charge in [0.15, 0.2) is 0 Å². The lowest BCUT2D eigenvalue weighted by molar-refractivity contribution is 0.0600. The van der Waals surface area contributed by atoms with Gasteiger partial charge in [-0.2, -0.15) is 0 Å². The standard InChI is InChI=1S/C20H16F4N4O6S2/c1-34-18(29)9-4-5-10(14-12(16(21)22)7-25-19(27-14)35(2,30)31)11(6-9)15-13(17(23)24)8-26-20(28-15)36(3,32)33/h4-8,16-17H,1-3H3. The van der Waals surface area contributed by atoms with Gasteiger partial charge in [0.1, 0.15) is 0 Å². The van der Waals surface area contributed by atoms with Crippen molar-refractivity contribution >= 4 is 25.6 Å². The van der Waals surface area contributed by atoms with Crippen LogP contribution in [-0.2, 0) is 24.4 Å². The van der Waals surface area contributed by atoms with Crippen LogP contribution < -0.4 is 0 Å². The van der Waals surface area contributed by atoms with Crippen molar-refractivity contribution in [3.63, 3.8) is 0 Å². The molecular weight excluding hydrogens is 532 g/mol. The normalized spacial score (nSPS) is 12.2. The fourth-order valence-corrected chi connectivity index (χ4v) is 4.05. The quantitative estimate of drug-likeness (QED) is 0.245. The summed E-state index contributed by atoms with van der Waals surface area (Å²) in [6, 6.07) is 3.10. The number of benzene rings is 1. The van der Waals surface area contributed by atoms with Crippen molar-refractivity contribution in [2.24, 2.45) is 0 Å². The second-order valence-corrected chi connectivity index (χ2v) is 11.1. The summed E-state index contributed by atoms with van der Waals surface area (Å²) in [4.78, 5) is 26.4. The van der Waals surface area contributed by atoms with Gasteiger partial charge in [0, 0.05) is 36.0 Å². The van der Waals surface area contributed by atoms with E-state index >= 15 is 0 Å². The molecule has 192 valence electrons. The van der Waals surface area contributed by atoms with Gasteiger partial charge < -0.3 is 4.74 Å². The van der Waals surface area contributed by atoms with Crippen molar-refractivity contribution in [1.82, 2.24) is 19.9 Å². The molecule has 0 aliphatic carbocycles. The molecule has 0 saturated heterocycles. The highest BCUT2D eigenvalue weighted by Gasteiger charge is 2.28. The van der Waals surface area contributed by atoms with E-state index in [2.05, 4.69) is 24.7 Å². The molecule has 0 unspecified atom stereocenters. The zero-order valence-corrected chi connectivity index (χ0v) is 20.2. The first-order chi connectivity index (χ1) is 16.6. The SMILES string of the molecule is COC(=O)c1ccc(-c2nc(S(C)(=O)=O)ncc2C(F)F)c(-c2nc(S(C)(=O)=O)ncc2C(F)F)c1. The van der Waals surface area contributed by atoms with Crippen LogP contribution in [0.25, 0.3) is 22.5 Å². The number of sulfone groups is 2. The number of hydrogen-bond donors (Lipinski definition) is 0. The van der Waals surface area contributed by atoms with E-state index in [9.17, 15) is 39.2 Å². The number of hydrogen-bond acceptors (Lipinski definition) is 10. The first-order valence-electron chi connectivity index (χ1n) is 9.58. The molecule has 2 aromatic heterocycles. The Kier molecular flexibility index (Phi) is 7.40. The van der Waals surface area contributed by atoms with Crippen LogP contribution in [0.1, 0.15) is 34.3 Å². The smallest absolute Gasteiger partial charge is 0.337 e. The van der Waals surface area contributed by atoms with Crippen LogP contribution in [0.5, 0.6) is 0 Å². The number of carbonyl (C=O) groups excluding carboxylic acids is 1. The molecule has 10 nitrogen and oxygen atoms in total. The maximum atomic E-state index is 13.9. The van der Waals surface area contributed by atoms with E-state index in [4.69, 9.17) is 0 Å². The highest BCUT2D eigenvalue weighted by molar-refractivity contribution is 7.90. The molecule has 0 spiro atoms. The predicted octanol–water partition coefficient (Wildman–Crippen LogP) is 3.07. The van der Waals surface area contributed by atoms with Gasteiger partial charge in [0.25, 0.3) is 12.9 Å². The molecule has 16 heteroatoms. The maximum Gasteiger partial charge on any atom is 0.337 e. The topological polar surface area (TPSA) is 146 Å². The summed E-state index contributed by atoms with van der Waals surface area (Å²) < 4.78 is 108. The largest absolute Gasteiger partial charge is 0.465 e. The number of nitrogens with zero attached hydrogens (tertiary/aromatic N) is 4. The minimum Gasteiger partial charge on any atom is -0.465 e. The molecule has 0 atom stereocenters. The highest BCUT2D eigenvalue weighted by Crippen LogP contribution is 2.39. The van der Waals surface area contributed by atoms with Gasteiger partial charge in [-0.15, -0.1) is 0 Å². The highest BCUT2D eigenvalue weighted by atomic mass is 32.2. The molecule has 36 heavy (non-hydrogen) atoms. The van der Waals surface area contributed by atoms with Gasteiger partial charge in [-0.25, -0.2) is 59.1 Å². The molecule has 0 aliphatic rings. The lowest BCUT2D eigenvalue weighted by Gasteiger charge is -2.16. The van der Waals surface area contributed by atoms with E-state index in [0.717, 1.165) is 37.8 Å². The predicted molar refractivity (Wildman–Crippen MR) is 116 cm³/mol. The monoisotopic (exact) mass is 548 g/mol. The number of carbonyl (C=O) groups is 1. The maximum absolute atomic E-state index is 13.9. The summed E-state index contributed by atoms with van der Waals surface area (Å²) in [6.07, 6.45) is -3.92. The van der Waals surface area contributed by atoms with Crippen molar-refractivity contribution in [3.8, 4) is 22.5 Å². The van der Waals surface area contributed by atoms with Crippen LogP contribution in [-0.4, -0.2) is 62.4 Å².